The fourth-order valence-corrected chi connectivity index (χ4v) is 5.51. The molecule has 1 saturated carbocycles. The summed E-state index contributed by atoms with van der Waals surface area (Å²) in [4.78, 5) is 10.3. The summed E-state index contributed by atoms with van der Waals surface area (Å²) < 4.78 is 27.4. The Morgan fingerprint density at radius 1 is 1.05 bits per heavy atom. The number of hydrogen-bond acceptors (Lipinski definition) is 4. The van der Waals surface area contributed by atoms with E-state index >= 15 is 0 Å². The average molecular weight is 324 g/mol. The molecule has 1 aliphatic heterocycles. The zero-order valence-electron chi connectivity index (χ0n) is 12.3. The van der Waals surface area contributed by atoms with Gasteiger partial charge in [0.15, 0.2) is 0 Å². The highest BCUT2D eigenvalue weighted by molar-refractivity contribution is 7.89. The maximum atomic E-state index is 12.9. The summed E-state index contributed by atoms with van der Waals surface area (Å²) in [5.41, 5.74) is -0.0897. The molecule has 0 bridgehead atoms. The zero-order valence-corrected chi connectivity index (χ0v) is 13.2. The van der Waals surface area contributed by atoms with Gasteiger partial charge in [0.05, 0.1) is 9.82 Å². The highest BCUT2D eigenvalue weighted by Gasteiger charge is 2.39. The Morgan fingerprint density at radius 3 is 2.36 bits per heavy atom. The number of piperidine rings is 1. The molecule has 0 amide bonds. The second-order valence-corrected chi connectivity index (χ2v) is 8.01. The van der Waals surface area contributed by atoms with Gasteiger partial charge in [-0.25, -0.2) is 8.42 Å². The van der Waals surface area contributed by atoms with Crippen LogP contribution in [0.1, 0.15) is 38.5 Å². The molecule has 22 heavy (non-hydrogen) atoms. The lowest BCUT2D eigenvalue weighted by Gasteiger charge is -2.43. The van der Waals surface area contributed by atoms with Crippen LogP contribution in [-0.2, 0) is 10.0 Å². The Balaban J connectivity index is 1.89. The lowest BCUT2D eigenvalue weighted by atomic mass is 9.79. The van der Waals surface area contributed by atoms with E-state index in [1.807, 2.05) is 0 Å². The number of nitrogens with zero attached hydrogens (tertiary/aromatic N) is 2. The highest BCUT2D eigenvalue weighted by atomic mass is 32.2. The lowest BCUT2D eigenvalue weighted by Crippen LogP contribution is -2.49. The second-order valence-electron chi connectivity index (χ2n) is 6.12. The Hall–Kier alpha value is -1.47. The fraction of sp³-hybridized carbons (Fsp3) is 0.600. The molecule has 1 saturated heterocycles. The van der Waals surface area contributed by atoms with Gasteiger partial charge in [-0.05, 0) is 43.7 Å². The molecule has 1 aromatic carbocycles. The van der Waals surface area contributed by atoms with Crippen molar-refractivity contribution in [2.24, 2.45) is 5.92 Å². The van der Waals surface area contributed by atoms with Gasteiger partial charge in [0, 0.05) is 24.7 Å². The zero-order chi connectivity index (χ0) is 15.7. The third-order valence-electron chi connectivity index (χ3n) is 4.85. The molecule has 6 nitrogen and oxygen atoms in total. The topological polar surface area (TPSA) is 80.5 Å². The number of hydrogen-bond donors (Lipinski definition) is 0. The third-order valence-corrected chi connectivity index (χ3v) is 6.79. The maximum Gasteiger partial charge on any atom is 0.269 e. The van der Waals surface area contributed by atoms with Crippen molar-refractivity contribution in [3.05, 3.63) is 34.4 Å². The van der Waals surface area contributed by atoms with E-state index in [1.165, 1.54) is 30.7 Å². The van der Waals surface area contributed by atoms with Gasteiger partial charge in [-0.3, -0.25) is 10.1 Å². The van der Waals surface area contributed by atoms with E-state index in [-0.39, 0.29) is 16.6 Å². The molecule has 120 valence electrons. The molecule has 2 unspecified atom stereocenters. The molecule has 0 spiro atoms. The molecule has 1 heterocycles. The van der Waals surface area contributed by atoms with Gasteiger partial charge in [0.1, 0.15) is 0 Å². The minimum atomic E-state index is -3.56. The quantitative estimate of drug-likeness (QED) is 0.632. The molecule has 2 fully saturated rings. The van der Waals surface area contributed by atoms with Crippen LogP contribution in [0.4, 0.5) is 5.69 Å². The number of non-ortho nitro benzene ring substituents is 1. The minimum absolute atomic E-state index is 0.0897. The van der Waals surface area contributed by atoms with Gasteiger partial charge in [-0.2, -0.15) is 4.31 Å². The molecule has 1 aliphatic carbocycles. The molecule has 3 rings (SSSR count). The predicted octanol–water partition coefficient (Wildman–Crippen LogP) is 2.94. The fourth-order valence-electron chi connectivity index (χ4n) is 3.75. The number of fused-ring (bicyclic) bond motifs is 1. The first-order valence-electron chi connectivity index (χ1n) is 7.76. The van der Waals surface area contributed by atoms with E-state index in [0.29, 0.717) is 12.5 Å². The van der Waals surface area contributed by atoms with Crippen LogP contribution in [0.3, 0.4) is 0 Å². The van der Waals surface area contributed by atoms with Crippen molar-refractivity contribution in [3.63, 3.8) is 0 Å². The van der Waals surface area contributed by atoms with Crippen molar-refractivity contribution < 1.29 is 13.3 Å². The van der Waals surface area contributed by atoms with E-state index in [2.05, 4.69) is 0 Å². The van der Waals surface area contributed by atoms with Crippen molar-refractivity contribution in [1.82, 2.24) is 4.31 Å². The van der Waals surface area contributed by atoms with Crippen LogP contribution in [0.25, 0.3) is 0 Å². The Labute approximate surface area is 130 Å². The van der Waals surface area contributed by atoms with Gasteiger partial charge in [-0.1, -0.05) is 12.8 Å². The van der Waals surface area contributed by atoms with Crippen LogP contribution in [0.2, 0.25) is 0 Å². The highest BCUT2D eigenvalue weighted by Crippen LogP contribution is 2.38. The van der Waals surface area contributed by atoms with Crippen molar-refractivity contribution in [2.45, 2.75) is 49.5 Å². The third kappa shape index (κ3) is 2.75. The van der Waals surface area contributed by atoms with E-state index in [0.717, 1.165) is 32.1 Å². The first-order chi connectivity index (χ1) is 10.5. The lowest BCUT2D eigenvalue weighted by molar-refractivity contribution is -0.384. The van der Waals surface area contributed by atoms with E-state index in [9.17, 15) is 18.5 Å². The van der Waals surface area contributed by atoms with Crippen LogP contribution in [0.15, 0.2) is 29.2 Å². The SMILES string of the molecule is O=[N+]([O-])c1ccc(S(=O)(=O)N2CCCC3CCCCC32)cc1. The van der Waals surface area contributed by atoms with Crippen LogP contribution >= 0.6 is 0 Å². The molecular weight excluding hydrogens is 304 g/mol. The summed E-state index contributed by atoms with van der Waals surface area (Å²) in [5.74, 6) is 0.468. The molecule has 7 heteroatoms. The minimum Gasteiger partial charge on any atom is -0.258 e. The largest absolute Gasteiger partial charge is 0.269 e. The van der Waals surface area contributed by atoms with Crippen molar-refractivity contribution in [3.8, 4) is 0 Å². The summed E-state index contributed by atoms with van der Waals surface area (Å²) in [7, 11) is -3.56. The monoisotopic (exact) mass is 324 g/mol. The normalized spacial score (nSPS) is 26.4. The van der Waals surface area contributed by atoms with E-state index < -0.39 is 14.9 Å². The molecule has 2 atom stereocenters. The molecule has 1 aromatic rings. The van der Waals surface area contributed by atoms with Gasteiger partial charge in [-0.15, -0.1) is 0 Å². The van der Waals surface area contributed by atoms with Crippen molar-refractivity contribution in [2.75, 3.05) is 6.54 Å². The van der Waals surface area contributed by atoms with Crippen LogP contribution < -0.4 is 0 Å². The predicted molar refractivity (Wildman–Crippen MR) is 82.0 cm³/mol. The number of nitro groups is 1. The van der Waals surface area contributed by atoms with Crippen LogP contribution in [0.5, 0.6) is 0 Å². The Morgan fingerprint density at radius 2 is 1.68 bits per heavy atom. The van der Waals surface area contributed by atoms with Crippen molar-refractivity contribution in [1.29, 1.82) is 0 Å². The molecule has 2 aliphatic rings. The van der Waals surface area contributed by atoms with Gasteiger partial charge in [0.2, 0.25) is 10.0 Å². The standard InChI is InChI=1S/C15H20N2O4S/c18-17(19)13-7-9-14(10-8-13)22(20,21)16-11-3-5-12-4-1-2-6-15(12)16/h7-10,12,15H,1-6,11H2. The maximum absolute atomic E-state index is 12.9. The average Bonchev–Trinajstić information content (AvgIpc) is 2.54. The number of rotatable bonds is 3. The summed E-state index contributed by atoms with van der Waals surface area (Å²) in [6.07, 6.45) is 6.30. The molecular formula is C15H20N2O4S. The summed E-state index contributed by atoms with van der Waals surface area (Å²) in [5, 5.41) is 10.7. The Kier molecular flexibility index (Phi) is 4.18. The summed E-state index contributed by atoms with van der Waals surface area (Å²) in [6, 6.07) is 5.31. The molecule has 0 aromatic heterocycles. The van der Waals surface area contributed by atoms with Crippen LogP contribution in [-0.4, -0.2) is 30.2 Å². The van der Waals surface area contributed by atoms with Gasteiger partial charge in [0.25, 0.3) is 5.69 Å². The summed E-state index contributed by atoms with van der Waals surface area (Å²) in [6.45, 7) is 0.556. The van der Waals surface area contributed by atoms with Crippen LogP contribution in [0, 0.1) is 16.0 Å². The number of nitro benzene ring substituents is 1. The van der Waals surface area contributed by atoms with E-state index in [1.54, 1.807) is 4.31 Å². The Bertz CT molecular complexity index is 655. The van der Waals surface area contributed by atoms with Gasteiger partial charge >= 0.3 is 0 Å². The van der Waals surface area contributed by atoms with Gasteiger partial charge < -0.3 is 0 Å². The first kappa shape index (κ1) is 15.4. The second kappa shape index (κ2) is 5.96. The number of benzene rings is 1. The smallest absolute Gasteiger partial charge is 0.258 e. The molecule has 0 radical (unpaired) electrons. The summed E-state index contributed by atoms with van der Waals surface area (Å²) >= 11 is 0. The number of sulfonamides is 1. The molecule has 0 N–H and O–H groups in total. The van der Waals surface area contributed by atoms with Crippen molar-refractivity contribution >= 4 is 15.7 Å². The van der Waals surface area contributed by atoms with E-state index in [4.69, 9.17) is 0 Å². The first-order valence-corrected chi connectivity index (χ1v) is 9.20.